The van der Waals surface area contributed by atoms with Crippen LogP contribution < -0.4 is 0 Å². The molecule has 1 aliphatic rings. The summed E-state index contributed by atoms with van der Waals surface area (Å²) < 4.78 is 27.5. The van der Waals surface area contributed by atoms with Crippen LogP contribution in [0.2, 0.25) is 0 Å². The maximum atomic E-state index is 13.1. The molecule has 6 heteroatoms. The number of hydrogen-bond acceptors (Lipinski definition) is 3. The van der Waals surface area contributed by atoms with E-state index in [1.165, 1.54) is 10.2 Å². The Bertz CT molecular complexity index is 1080. The molecular weight excluding hydrogens is 360 g/mol. The molecule has 27 heavy (non-hydrogen) atoms. The quantitative estimate of drug-likeness (QED) is 0.693. The Morgan fingerprint density at radius 1 is 0.963 bits per heavy atom. The van der Waals surface area contributed by atoms with Gasteiger partial charge in [0.1, 0.15) is 0 Å². The van der Waals surface area contributed by atoms with Gasteiger partial charge >= 0.3 is 0 Å². The first-order valence-corrected chi connectivity index (χ1v) is 10.6. The molecule has 0 aliphatic carbocycles. The molecule has 1 amide bonds. The Morgan fingerprint density at radius 2 is 1.59 bits per heavy atom. The van der Waals surface area contributed by atoms with E-state index in [0.29, 0.717) is 35.5 Å². The summed E-state index contributed by atoms with van der Waals surface area (Å²) in [6, 6.07) is 15.5. The van der Waals surface area contributed by atoms with Gasteiger partial charge in [0.05, 0.1) is 16.0 Å². The van der Waals surface area contributed by atoms with Crippen LogP contribution in [-0.4, -0.2) is 36.3 Å². The van der Waals surface area contributed by atoms with Gasteiger partial charge in [-0.15, -0.1) is 0 Å². The normalized spacial score (nSPS) is 16.0. The lowest BCUT2D eigenvalue weighted by molar-refractivity contribution is 0.0699. The van der Waals surface area contributed by atoms with Gasteiger partial charge in [0.2, 0.25) is 0 Å². The number of fused-ring (bicyclic) bond motifs is 1. The fraction of sp³-hybridized carbons (Fsp3) is 0.286. The molecule has 1 fully saturated rings. The summed E-state index contributed by atoms with van der Waals surface area (Å²) in [7, 11) is -3.77. The van der Waals surface area contributed by atoms with E-state index in [1.54, 1.807) is 42.5 Å². The van der Waals surface area contributed by atoms with E-state index in [0.717, 1.165) is 12.8 Å². The highest BCUT2D eigenvalue weighted by Crippen LogP contribution is 2.28. The zero-order valence-electron chi connectivity index (χ0n) is 15.2. The number of carbonyl (C=O) groups excluding carboxylic acids is 1. The van der Waals surface area contributed by atoms with Crippen molar-refractivity contribution in [3.8, 4) is 0 Å². The Kier molecular flexibility index (Phi) is 4.52. The number of aromatic nitrogens is 1. The average molecular weight is 382 g/mol. The number of carbonyl (C=O) groups is 1. The molecule has 140 valence electrons. The third kappa shape index (κ3) is 3.14. The van der Waals surface area contributed by atoms with E-state index in [-0.39, 0.29) is 10.8 Å². The molecule has 0 radical (unpaired) electrons. The highest BCUT2D eigenvalue weighted by molar-refractivity contribution is 7.90. The van der Waals surface area contributed by atoms with Crippen molar-refractivity contribution in [3.05, 3.63) is 66.4 Å². The van der Waals surface area contributed by atoms with Gasteiger partial charge < -0.3 is 4.90 Å². The largest absolute Gasteiger partial charge is 0.339 e. The summed E-state index contributed by atoms with van der Waals surface area (Å²) in [4.78, 5) is 15.2. The van der Waals surface area contributed by atoms with Gasteiger partial charge in [-0.05, 0) is 37.0 Å². The lowest BCUT2D eigenvalue weighted by Crippen LogP contribution is -2.37. The Hall–Kier alpha value is -2.60. The van der Waals surface area contributed by atoms with Gasteiger partial charge in [-0.2, -0.15) is 0 Å². The van der Waals surface area contributed by atoms with Crippen LogP contribution in [-0.2, 0) is 10.0 Å². The molecule has 5 nitrogen and oxygen atoms in total. The smallest absolute Gasteiger partial charge is 0.268 e. The molecule has 1 aromatic heterocycles. The topological polar surface area (TPSA) is 59.4 Å². The molecule has 1 saturated heterocycles. The summed E-state index contributed by atoms with van der Waals surface area (Å²) in [5, 5.41) is 0.667. The molecule has 1 aliphatic heterocycles. The Labute approximate surface area is 159 Å². The number of nitrogens with zero attached hydrogens (tertiary/aromatic N) is 2. The minimum atomic E-state index is -3.77. The molecule has 0 saturated carbocycles. The van der Waals surface area contributed by atoms with Gasteiger partial charge in [0.15, 0.2) is 0 Å². The minimum Gasteiger partial charge on any atom is -0.339 e. The molecule has 0 N–H and O–H groups in total. The van der Waals surface area contributed by atoms with Crippen LogP contribution in [0.25, 0.3) is 10.9 Å². The number of benzene rings is 2. The van der Waals surface area contributed by atoms with Crippen molar-refractivity contribution in [2.24, 2.45) is 5.92 Å². The lowest BCUT2D eigenvalue weighted by Gasteiger charge is -2.30. The van der Waals surface area contributed by atoms with Crippen LogP contribution in [0.4, 0.5) is 0 Å². The first-order valence-electron chi connectivity index (χ1n) is 9.18. The monoisotopic (exact) mass is 382 g/mol. The van der Waals surface area contributed by atoms with Crippen molar-refractivity contribution in [1.29, 1.82) is 0 Å². The number of piperidine rings is 1. The third-order valence-corrected chi connectivity index (χ3v) is 6.97. The maximum absolute atomic E-state index is 13.1. The van der Waals surface area contributed by atoms with Crippen molar-refractivity contribution in [3.63, 3.8) is 0 Å². The van der Waals surface area contributed by atoms with E-state index >= 15 is 0 Å². The van der Waals surface area contributed by atoms with Crippen LogP contribution >= 0.6 is 0 Å². The SMILES string of the molecule is CC1CCN(C(=O)c2cn(S(=O)(=O)c3ccccc3)c3ccccc23)CC1. The molecule has 0 atom stereocenters. The molecule has 4 rings (SSSR count). The fourth-order valence-corrected chi connectivity index (χ4v) is 5.00. The number of likely N-dealkylation sites (tertiary alicyclic amines) is 1. The van der Waals surface area contributed by atoms with E-state index < -0.39 is 10.0 Å². The summed E-state index contributed by atoms with van der Waals surface area (Å²) in [6.45, 7) is 3.62. The van der Waals surface area contributed by atoms with Crippen LogP contribution in [0.15, 0.2) is 65.7 Å². The standard InChI is InChI=1S/C21H22N2O3S/c1-16-11-13-22(14-12-16)21(24)19-15-23(20-10-6-5-9-18(19)20)27(25,26)17-7-3-2-4-8-17/h2-10,15-16H,11-14H2,1H3. The fourth-order valence-electron chi connectivity index (χ4n) is 3.61. The van der Waals surface area contributed by atoms with Crippen molar-refractivity contribution in [2.45, 2.75) is 24.7 Å². The predicted octanol–water partition coefficient (Wildman–Crippen LogP) is 3.75. The van der Waals surface area contributed by atoms with Crippen LogP contribution in [0.5, 0.6) is 0 Å². The summed E-state index contributed by atoms with van der Waals surface area (Å²) in [5.74, 6) is 0.522. The van der Waals surface area contributed by atoms with Gasteiger partial charge in [0, 0.05) is 24.7 Å². The van der Waals surface area contributed by atoms with Crippen LogP contribution in [0, 0.1) is 5.92 Å². The molecule has 0 unspecified atom stereocenters. The predicted molar refractivity (Wildman–Crippen MR) is 105 cm³/mol. The number of amides is 1. The highest BCUT2D eigenvalue weighted by atomic mass is 32.2. The van der Waals surface area contributed by atoms with Gasteiger partial charge in [-0.25, -0.2) is 12.4 Å². The number of hydrogen-bond donors (Lipinski definition) is 0. The Balaban J connectivity index is 1.82. The molecule has 3 aromatic rings. The first kappa shape index (κ1) is 17.8. The maximum Gasteiger partial charge on any atom is 0.268 e. The zero-order valence-corrected chi connectivity index (χ0v) is 16.0. The van der Waals surface area contributed by atoms with E-state index in [4.69, 9.17) is 0 Å². The van der Waals surface area contributed by atoms with Crippen molar-refractivity contribution in [1.82, 2.24) is 8.87 Å². The second kappa shape index (κ2) is 6.85. The van der Waals surface area contributed by atoms with E-state index in [9.17, 15) is 13.2 Å². The zero-order chi connectivity index (χ0) is 19.0. The Morgan fingerprint density at radius 3 is 2.30 bits per heavy atom. The molecular formula is C21H22N2O3S. The van der Waals surface area contributed by atoms with Gasteiger partial charge in [-0.1, -0.05) is 43.3 Å². The minimum absolute atomic E-state index is 0.0971. The van der Waals surface area contributed by atoms with E-state index in [2.05, 4.69) is 6.92 Å². The molecule has 0 spiro atoms. The van der Waals surface area contributed by atoms with Gasteiger partial charge in [-0.3, -0.25) is 4.79 Å². The van der Waals surface area contributed by atoms with Gasteiger partial charge in [0.25, 0.3) is 15.9 Å². The van der Waals surface area contributed by atoms with Crippen LogP contribution in [0.3, 0.4) is 0 Å². The molecule has 0 bridgehead atoms. The van der Waals surface area contributed by atoms with Crippen molar-refractivity contribution < 1.29 is 13.2 Å². The summed E-state index contributed by atoms with van der Waals surface area (Å²) >= 11 is 0. The summed E-state index contributed by atoms with van der Waals surface area (Å²) in [5.41, 5.74) is 0.967. The second-order valence-electron chi connectivity index (χ2n) is 7.15. The van der Waals surface area contributed by atoms with Crippen molar-refractivity contribution in [2.75, 3.05) is 13.1 Å². The third-order valence-electron chi connectivity index (χ3n) is 5.28. The number of para-hydroxylation sites is 1. The summed E-state index contributed by atoms with van der Waals surface area (Å²) in [6.07, 6.45) is 3.44. The average Bonchev–Trinajstić information content (AvgIpc) is 3.09. The molecule has 2 heterocycles. The second-order valence-corrected chi connectivity index (χ2v) is 8.96. The van der Waals surface area contributed by atoms with E-state index in [1.807, 2.05) is 17.0 Å². The molecule has 2 aromatic carbocycles. The lowest BCUT2D eigenvalue weighted by atomic mass is 9.98. The highest BCUT2D eigenvalue weighted by Gasteiger charge is 2.27. The van der Waals surface area contributed by atoms with Crippen molar-refractivity contribution >= 4 is 26.8 Å². The first-order chi connectivity index (χ1) is 13.0. The number of rotatable bonds is 3. The van der Waals surface area contributed by atoms with Crippen LogP contribution in [0.1, 0.15) is 30.1 Å².